The van der Waals surface area contributed by atoms with Gasteiger partial charge in [0, 0.05) is 24.5 Å². The first-order valence-corrected chi connectivity index (χ1v) is 6.03. The molecule has 0 aliphatic rings. The summed E-state index contributed by atoms with van der Waals surface area (Å²) in [4.78, 5) is 13.5. The summed E-state index contributed by atoms with van der Waals surface area (Å²) >= 11 is 0. The molecule has 0 saturated heterocycles. The van der Waals surface area contributed by atoms with E-state index in [-0.39, 0.29) is 23.8 Å². The van der Waals surface area contributed by atoms with Crippen molar-refractivity contribution in [3.05, 3.63) is 35.3 Å². The number of nitrogens with zero attached hydrogens (tertiary/aromatic N) is 1. The van der Waals surface area contributed by atoms with Crippen LogP contribution in [0.1, 0.15) is 23.0 Å². The summed E-state index contributed by atoms with van der Waals surface area (Å²) in [5.74, 6) is -0.741. The van der Waals surface area contributed by atoms with Crippen LogP contribution >= 0.6 is 0 Å². The van der Waals surface area contributed by atoms with E-state index in [0.717, 1.165) is 0 Å². The number of carbonyl (C=O) groups excluding carboxylic acids is 1. The Kier molecular flexibility index (Phi) is 3.57. The Bertz CT molecular complexity index is 618. The lowest BCUT2D eigenvalue weighted by atomic mass is 10.1. The maximum atomic E-state index is 13.6. The van der Waals surface area contributed by atoms with Crippen LogP contribution in [-0.4, -0.2) is 35.6 Å². The summed E-state index contributed by atoms with van der Waals surface area (Å²) in [6.07, 6.45) is -0.629. The monoisotopic (exact) mass is 265 g/mol. The van der Waals surface area contributed by atoms with Crippen LogP contribution < -0.4 is 0 Å². The van der Waals surface area contributed by atoms with E-state index in [4.69, 9.17) is 4.42 Å². The van der Waals surface area contributed by atoms with Crippen molar-refractivity contribution < 1.29 is 18.7 Å². The van der Waals surface area contributed by atoms with Gasteiger partial charge in [0.2, 0.25) is 0 Å². The van der Waals surface area contributed by atoms with Crippen LogP contribution in [0.25, 0.3) is 11.0 Å². The van der Waals surface area contributed by atoms with E-state index in [1.54, 1.807) is 33.0 Å². The lowest BCUT2D eigenvalue weighted by molar-refractivity contribution is 0.0675. The molecule has 0 spiro atoms. The molecule has 1 atom stereocenters. The molecule has 0 aliphatic carbocycles. The number of furan rings is 1. The summed E-state index contributed by atoms with van der Waals surface area (Å²) in [5.41, 5.74) is 0.700. The molecule has 0 aliphatic heterocycles. The topological polar surface area (TPSA) is 53.7 Å². The molecule has 102 valence electrons. The number of para-hydroxylation sites is 1. The Labute approximate surface area is 110 Å². The van der Waals surface area contributed by atoms with Gasteiger partial charge in [-0.15, -0.1) is 0 Å². The highest BCUT2D eigenvalue weighted by Gasteiger charge is 2.22. The Morgan fingerprint density at radius 2 is 2.21 bits per heavy atom. The molecule has 0 bridgehead atoms. The molecule has 2 rings (SSSR count). The average molecular weight is 265 g/mol. The molecule has 0 saturated carbocycles. The molecule has 0 radical (unpaired) electrons. The second-order valence-corrected chi connectivity index (χ2v) is 4.71. The molecular formula is C14H16FNO3. The second kappa shape index (κ2) is 5.01. The molecule has 1 aromatic carbocycles. The first-order valence-electron chi connectivity index (χ1n) is 6.03. The van der Waals surface area contributed by atoms with Gasteiger partial charge in [0.1, 0.15) is 0 Å². The molecule has 0 fully saturated rings. The zero-order valence-electron chi connectivity index (χ0n) is 11.1. The number of aliphatic hydroxyl groups excluding tert-OH is 1. The number of amides is 1. The van der Waals surface area contributed by atoms with Gasteiger partial charge in [0.25, 0.3) is 5.91 Å². The van der Waals surface area contributed by atoms with Gasteiger partial charge < -0.3 is 14.4 Å². The Hall–Kier alpha value is -1.88. The number of likely N-dealkylation sites (N-methyl/N-ethyl adjacent to an activating group) is 1. The van der Waals surface area contributed by atoms with E-state index in [9.17, 15) is 14.3 Å². The highest BCUT2D eigenvalue weighted by atomic mass is 19.1. The fourth-order valence-corrected chi connectivity index (χ4v) is 2.07. The van der Waals surface area contributed by atoms with E-state index in [2.05, 4.69) is 0 Å². The lowest BCUT2D eigenvalue weighted by Crippen LogP contribution is -2.33. The van der Waals surface area contributed by atoms with Gasteiger partial charge in [-0.25, -0.2) is 4.39 Å². The number of halogens is 1. The van der Waals surface area contributed by atoms with Crippen LogP contribution in [-0.2, 0) is 0 Å². The number of rotatable bonds is 3. The normalized spacial score (nSPS) is 12.7. The Morgan fingerprint density at radius 3 is 2.79 bits per heavy atom. The minimum absolute atomic E-state index is 0.0915. The van der Waals surface area contributed by atoms with Crippen LogP contribution in [0.3, 0.4) is 0 Å². The van der Waals surface area contributed by atoms with Gasteiger partial charge in [0.15, 0.2) is 17.2 Å². The average Bonchev–Trinajstić information content (AvgIpc) is 2.67. The quantitative estimate of drug-likeness (QED) is 0.926. The fraction of sp³-hybridized carbons (Fsp3) is 0.357. The molecule has 4 nitrogen and oxygen atoms in total. The Morgan fingerprint density at radius 1 is 1.53 bits per heavy atom. The van der Waals surface area contributed by atoms with Crippen LogP contribution in [0, 0.1) is 12.7 Å². The molecule has 19 heavy (non-hydrogen) atoms. The Balaban J connectivity index is 2.43. The zero-order valence-corrected chi connectivity index (χ0v) is 11.1. The fourth-order valence-electron chi connectivity index (χ4n) is 2.07. The van der Waals surface area contributed by atoms with Crippen molar-refractivity contribution >= 4 is 16.9 Å². The summed E-state index contributed by atoms with van der Waals surface area (Å²) in [6.45, 7) is 3.50. The SMILES string of the molecule is Cc1c(C(=O)N(C)CC(C)O)oc2c(F)cccc12. The van der Waals surface area contributed by atoms with Crippen molar-refractivity contribution in [1.29, 1.82) is 0 Å². The summed E-state index contributed by atoms with van der Waals surface area (Å²) < 4.78 is 18.9. The third-order valence-corrected chi connectivity index (χ3v) is 2.99. The molecular weight excluding hydrogens is 249 g/mol. The van der Waals surface area contributed by atoms with E-state index < -0.39 is 11.9 Å². The van der Waals surface area contributed by atoms with Crippen LogP contribution in [0.5, 0.6) is 0 Å². The molecule has 1 heterocycles. The van der Waals surface area contributed by atoms with E-state index in [1.807, 2.05) is 0 Å². The highest BCUT2D eigenvalue weighted by molar-refractivity contribution is 5.98. The largest absolute Gasteiger partial charge is 0.448 e. The number of aliphatic hydroxyl groups is 1. The maximum Gasteiger partial charge on any atom is 0.289 e. The van der Waals surface area contributed by atoms with Crippen molar-refractivity contribution in [1.82, 2.24) is 4.90 Å². The summed E-state index contributed by atoms with van der Waals surface area (Å²) in [6, 6.07) is 4.58. The van der Waals surface area contributed by atoms with E-state index in [0.29, 0.717) is 10.9 Å². The van der Waals surface area contributed by atoms with Crippen molar-refractivity contribution in [2.45, 2.75) is 20.0 Å². The minimum atomic E-state index is -0.629. The summed E-state index contributed by atoms with van der Waals surface area (Å²) in [7, 11) is 1.57. The molecule has 1 aromatic heterocycles. The maximum absolute atomic E-state index is 13.6. The number of hydrogen-bond acceptors (Lipinski definition) is 3. The van der Waals surface area contributed by atoms with Gasteiger partial charge in [-0.1, -0.05) is 12.1 Å². The molecule has 1 unspecified atom stereocenters. The van der Waals surface area contributed by atoms with Crippen molar-refractivity contribution in [2.24, 2.45) is 0 Å². The standard InChI is InChI=1S/C14H16FNO3/c1-8(17)7-16(3)14(18)12-9(2)10-5-4-6-11(15)13(10)19-12/h4-6,8,17H,7H2,1-3H3. The third kappa shape index (κ3) is 2.46. The number of aryl methyl sites for hydroxylation is 1. The minimum Gasteiger partial charge on any atom is -0.448 e. The van der Waals surface area contributed by atoms with Gasteiger partial charge in [-0.3, -0.25) is 4.79 Å². The van der Waals surface area contributed by atoms with Crippen molar-refractivity contribution in [3.8, 4) is 0 Å². The smallest absolute Gasteiger partial charge is 0.289 e. The molecule has 2 aromatic rings. The van der Waals surface area contributed by atoms with Crippen molar-refractivity contribution in [2.75, 3.05) is 13.6 Å². The van der Waals surface area contributed by atoms with Gasteiger partial charge in [0.05, 0.1) is 6.10 Å². The second-order valence-electron chi connectivity index (χ2n) is 4.71. The lowest BCUT2D eigenvalue weighted by Gasteiger charge is -2.17. The van der Waals surface area contributed by atoms with Crippen LogP contribution in [0.4, 0.5) is 4.39 Å². The number of carbonyl (C=O) groups is 1. The first kappa shape index (κ1) is 13.5. The number of fused-ring (bicyclic) bond motifs is 1. The summed E-state index contributed by atoms with van der Waals surface area (Å²) in [5, 5.41) is 9.88. The predicted molar refractivity (Wildman–Crippen MR) is 69.6 cm³/mol. The third-order valence-electron chi connectivity index (χ3n) is 2.99. The predicted octanol–water partition coefficient (Wildman–Crippen LogP) is 2.33. The molecule has 1 N–H and O–H groups in total. The van der Waals surface area contributed by atoms with E-state index >= 15 is 0 Å². The van der Waals surface area contributed by atoms with E-state index in [1.165, 1.54) is 11.0 Å². The van der Waals surface area contributed by atoms with Crippen molar-refractivity contribution in [3.63, 3.8) is 0 Å². The number of hydrogen-bond donors (Lipinski definition) is 1. The first-order chi connectivity index (χ1) is 8.91. The van der Waals surface area contributed by atoms with Gasteiger partial charge in [-0.05, 0) is 19.9 Å². The highest BCUT2D eigenvalue weighted by Crippen LogP contribution is 2.27. The van der Waals surface area contributed by atoms with Crippen LogP contribution in [0.2, 0.25) is 0 Å². The van der Waals surface area contributed by atoms with Gasteiger partial charge >= 0.3 is 0 Å². The number of benzene rings is 1. The van der Waals surface area contributed by atoms with Gasteiger partial charge in [-0.2, -0.15) is 0 Å². The molecule has 1 amide bonds. The van der Waals surface area contributed by atoms with Crippen LogP contribution in [0.15, 0.2) is 22.6 Å². The zero-order chi connectivity index (χ0) is 14.2. The molecule has 5 heteroatoms.